The Balaban J connectivity index is 1.45. The van der Waals surface area contributed by atoms with Gasteiger partial charge in [0, 0.05) is 61.8 Å². The summed E-state index contributed by atoms with van der Waals surface area (Å²) in [4.78, 5) is 11.0. The smallest absolute Gasteiger partial charge is 0.319 e. The summed E-state index contributed by atoms with van der Waals surface area (Å²) in [6.07, 6.45) is 6.66. The fourth-order valence-corrected chi connectivity index (χ4v) is 5.80. The quantitative estimate of drug-likeness (QED) is 0.657. The summed E-state index contributed by atoms with van der Waals surface area (Å²) in [5, 5.41) is 13.0. The first-order valence-electron chi connectivity index (χ1n) is 11.1. The molecule has 1 saturated heterocycles. The van der Waals surface area contributed by atoms with Crippen molar-refractivity contribution < 1.29 is 19.0 Å². The first kappa shape index (κ1) is 21.2. The summed E-state index contributed by atoms with van der Waals surface area (Å²) in [6, 6.07) is 5.17. The van der Waals surface area contributed by atoms with E-state index in [0.29, 0.717) is 11.4 Å². The Morgan fingerprint density at radius 2 is 1.94 bits per heavy atom. The second-order valence-corrected chi connectivity index (χ2v) is 9.05. The number of aliphatic hydroxyl groups is 1. The number of ether oxygens (including phenoxy) is 2. The average molecular weight is 441 g/mol. The van der Waals surface area contributed by atoms with Crippen LogP contribution in [0.4, 0.5) is 4.39 Å². The number of rotatable bonds is 5. The molecule has 7 nitrogen and oxygen atoms in total. The molecule has 3 heterocycles. The van der Waals surface area contributed by atoms with Crippen molar-refractivity contribution in [3.05, 3.63) is 47.5 Å². The Morgan fingerprint density at radius 1 is 1.19 bits per heavy atom. The lowest BCUT2D eigenvalue weighted by molar-refractivity contribution is -0.149. The zero-order valence-electron chi connectivity index (χ0n) is 18.7. The van der Waals surface area contributed by atoms with Crippen molar-refractivity contribution >= 4 is 10.9 Å². The Morgan fingerprint density at radius 3 is 2.62 bits per heavy atom. The number of piperidine rings is 1. The maximum Gasteiger partial charge on any atom is 0.319 e. The molecule has 0 amide bonds. The van der Waals surface area contributed by atoms with Gasteiger partial charge >= 0.3 is 6.01 Å². The molecular formula is C24H29FN4O3. The van der Waals surface area contributed by atoms with E-state index in [9.17, 15) is 9.50 Å². The summed E-state index contributed by atoms with van der Waals surface area (Å²) in [7, 11) is 5.05. The number of benzene rings is 1. The molecule has 2 fully saturated rings. The molecule has 2 unspecified atom stereocenters. The van der Waals surface area contributed by atoms with Gasteiger partial charge in [0.2, 0.25) is 5.88 Å². The molecular weight excluding hydrogens is 411 g/mol. The fraction of sp³-hybridized carbons (Fsp3) is 0.500. The minimum Gasteiger partial charge on any atom is -0.481 e. The van der Waals surface area contributed by atoms with Gasteiger partial charge in [-0.25, -0.2) is 9.37 Å². The third kappa shape index (κ3) is 3.33. The van der Waals surface area contributed by atoms with E-state index in [4.69, 9.17) is 9.47 Å². The number of methoxy groups -OCH3 is 2. The van der Waals surface area contributed by atoms with Gasteiger partial charge in [0.1, 0.15) is 11.4 Å². The molecule has 2 aromatic heterocycles. The average Bonchev–Trinajstić information content (AvgIpc) is 3.08. The lowest BCUT2D eigenvalue weighted by Gasteiger charge is -2.53. The zero-order valence-corrected chi connectivity index (χ0v) is 18.7. The highest BCUT2D eigenvalue weighted by Gasteiger charge is 2.53. The fourth-order valence-electron chi connectivity index (χ4n) is 5.80. The van der Waals surface area contributed by atoms with Crippen molar-refractivity contribution in [2.24, 2.45) is 18.9 Å². The number of hydrogen-bond donors (Lipinski definition) is 1. The number of fused-ring (bicyclic) bond motifs is 3. The molecule has 1 saturated carbocycles. The molecule has 2 bridgehead atoms. The summed E-state index contributed by atoms with van der Waals surface area (Å²) in [5.41, 5.74) is 1.73. The first-order chi connectivity index (χ1) is 15.4. The van der Waals surface area contributed by atoms with Gasteiger partial charge in [-0.1, -0.05) is 6.42 Å². The van der Waals surface area contributed by atoms with Crippen LogP contribution in [0.15, 0.2) is 30.6 Å². The van der Waals surface area contributed by atoms with Crippen LogP contribution in [0, 0.1) is 17.7 Å². The lowest BCUT2D eigenvalue weighted by atomic mass is 9.63. The van der Waals surface area contributed by atoms with Gasteiger partial charge in [-0.15, -0.1) is 0 Å². The van der Waals surface area contributed by atoms with Crippen molar-refractivity contribution in [2.75, 3.05) is 27.3 Å². The molecule has 2 atom stereocenters. The van der Waals surface area contributed by atoms with E-state index in [2.05, 4.69) is 21.1 Å². The molecule has 32 heavy (non-hydrogen) atoms. The van der Waals surface area contributed by atoms with Crippen LogP contribution >= 0.6 is 0 Å². The van der Waals surface area contributed by atoms with E-state index in [1.54, 1.807) is 19.4 Å². The molecule has 170 valence electrons. The van der Waals surface area contributed by atoms with E-state index in [-0.39, 0.29) is 23.7 Å². The van der Waals surface area contributed by atoms with Crippen LogP contribution in [0.5, 0.6) is 11.9 Å². The van der Waals surface area contributed by atoms with Crippen LogP contribution in [-0.4, -0.2) is 51.9 Å². The Bertz CT molecular complexity index is 1130. The second kappa shape index (κ2) is 8.01. The van der Waals surface area contributed by atoms with E-state index < -0.39 is 5.60 Å². The number of aryl methyl sites for hydroxylation is 1. The monoisotopic (exact) mass is 440 g/mol. The van der Waals surface area contributed by atoms with E-state index in [1.807, 2.05) is 17.7 Å². The first-order valence-corrected chi connectivity index (χ1v) is 11.1. The van der Waals surface area contributed by atoms with E-state index >= 15 is 0 Å². The van der Waals surface area contributed by atoms with Gasteiger partial charge in [-0.2, -0.15) is 4.98 Å². The van der Waals surface area contributed by atoms with Crippen molar-refractivity contribution in [3.8, 4) is 11.9 Å². The Labute approximate surface area is 186 Å². The van der Waals surface area contributed by atoms with Crippen LogP contribution in [0.1, 0.15) is 30.4 Å². The highest BCUT2D eigenvalue weighted by molar-refractivity contribution is 5.84. The molecule has 1 aliphatic heterocycles. The maximum absolute atomic E-state index is 13.9. The van der Waals surface area contributed by atoms with Gasteiger partial charge in [0.15, 0.2) is 0 Å². The van der Waals surface area contributed by atoms with Crippen molar-refractivity contribution in [3.63, 3.8) is 0 Å². The minimum atomic E-state index is -1.04. The summed E-state index contributed by atoms with van der Waals surface area (Å²) < 4.78 is 26.6. The maximum atomic E-state index is 13.9. The van der Waals surface area contributed by atoms with Gasteiger partial charge in [-0.3, -0.25) is 4.90 Å². The molecule has 0 spiro atoms. The SMILES string of the molecule is COc1ncc(C2(O)C3CCCC2CN(Cc2cn(C)c4ccc(F)cc24)C3)c(OC)n1. The van der Waals surface area contributed by atoms with Crippen LogP contribution in [-0.2, 0) is 19.2 Å². The van der Waals surface area contributed by atoms with Crippen LogP contribution < -0.4 is 9.47 Å². The predicted molar refractivity (Wildman–Crippen MR) is 118 cm³/mol. The molecule has 1 aliphatic carbocycles. The third-order valence-corrected chi connectivity index (χ3v) is 7.27. The standard InChI is InChI=1S/C24H29FN4O3/c1-28-11-15(19-9-18(25)7-8-21(19)28)12-29-13-16-5-4-6-17(14-29)24(16,30)20-10-26-23(32-3)27-22(20)31-2/h7-11,16-17,30H,4-6,12-14H2,1-3H3. The number of likely N-dealkylation sites (tertiary alicyclic amines) is 1. The summed E-state index contributed by atoms with van der Waals surface area (Å²) >= 11 is 0. The Kier molecular flexibility index (Phi) is 5.29. The summed E-state index contributed by atoms with van der Waals surface area (Å²) in [6.45, 7) is 2.21. The number of hydrogen-bond acceptors (Lipinski definition) is 6. The highest BCUT2D eigenvalue weighted by atomic mass is 19.1. The number of aromatic nitrogens is 3. The van der Waals surface area contributed by atoms with Crippen LogP contribution in [0.25, 0.3) is 10.9 Å². The molecule has 0 radical (unpaired) electrons. The Hall–Kier alpha value is -2.71. The van der Waals surface area contributed by atoms with Crippen LogP contribution in [0.2, 0.25) is 0 Å². The van der Waals surface area contributed by atoms with E-state index in [0.717, 1.165) is 55.4 Å². The topological polar surface area (TPSA) is 72.6 Å². The van der Waals surface area contributed by atoms with Crippen LogP contribution in [0.3, 0.4) is 0 Å². The normalized spacial score (nSPS) is 25.8. The molecule has 1 N–H and O–H groups in total. The molecule has 1 aromatic carbocycles. The second-order valence-electron chi connectivity index (χ2n) is 9.05. The number of halogens is 1. The van der Waals surface area contributed by atoms with Gasteiger partial charge in [-0.05, 0) is 36.6 Å². The minimum absolute atomic E-state index is 0.0348. The molecule has 3 aromatic rings. The van der Waals surface area contributed by atoms with E-state index in [1.165, 1.54) is 13.2 Å². The van der Waals surface area contributed by atoms with Gasteiger partial charge in [0.25, 0.3) is 0 Å². The van der Waals surface area contributed by atoms with Crippen molar-refractivity contribution in [1.82, 2.24) is 19.4 Å². The van der Waals surface area contributed by atoms with Crippen molar-refractivity contribution in [2.45, 2.75) is 31.4 Å². The number of nitrogens with zero attached hydrogens (tertiary/aromatic N) is 4. The third-order valence-electron chi connectivity index (χ3n) is 7.27. The van der Waals surface area contributed by atoms with Crippen molar-refractivity contribution in [1.29, 1.82) is 0 Å². The largest absolute Gasteiger partial charge is 0.481 e. The predicted octanol–water partition coefficient (Wildman–Crippen LogP) is 3.24. The summed E-state index contributed by atoms with van der Waals surface area (Å²) in [5.74, 6) is 0.218. The van der Waals surface area contributed by atoms with Gasteiger partial charge in [0.05, 0.1) is 19.8 Å². The molecule has 8 heteroatoms. The molecule has 2 aliphatic rings. The van der Waals surface area contributed by atoms with Gasteiger partial charge < -0.3 is 19.1 Å². The highest BCUT2D eigenvalue weighted by Crippen LogP contribution is 2.51. The lowest BCUT2D eigenvalue weighted by Crippen LogP contribution is -2.58. The molecule has 5 rings (SSSR count). The zero-order chi connectivity index (χ0) is 22.5.